The number of aromatic nitrogens is 1. The topological polar surface area (TPSA) is 44.9 Å². The van der Waals surface area contributed by atoms with E-state index in [1.54, 1.807) is 18.3 Å². The van der Waals surface area contributed by atoms with Gasteiger partial charge in [-0.15, -0.1) is 0 Å². The van der Waals surface area contributed by atoms with Gasteiger partial charge in [0.2, 0.25) is 0 Å². The summed E-state index contributed by atoms with van der Waals surface area (Å²) in [6.07, 6.45) is 1.80. The quantitative estimate of drug-likeness (QED) is 0.739. The lowest BCUT2D eigenvalue weighted by Crippen LogP contribution is -2.23. The Kier molecular flexibility index (Phi) is 3.75. The van der Waals surface area contributed by atoms with Crippen LogP contribution in [0.1, 0.15) is 15.9 Å². The van der Waals surface area contributed by atoms with E-state index in [-0.39, 0.29) is 18.3 Å². The summed E-state index contributed by atoms with van der Waals surface area (Å²) in [6.45, 7) is 0.262. The van der Waals surface area contributed by atoms with Crippen LogP contribution in [0.25, 0.3) is 10.9 Å². The molecule has 0 radical (unpaired) electrons. The number of halogens is 2. The normalized spacial score (nSPS) is 10.8. The molecule has 2 aromatic carbocycles. The average molecular weight is 347 g/mol. The lowest BCUT2D eigenvalue weighted by atomic mass is 10.1. The van der Waals surface area contributed by atoms with Crippen LogP contribution in [-0.4, -0.2) is 10.9 Å². The fraction of sp³-hybridized carbons (Fsp3) is 0.0625. The SMILES string of the molecule is O=C(NCc1cc(F)ccc1Br)c1cccc2[nH]ccc12. The molecule has 0 saturated carbocycles. The molecule has 1 heterocycles. The molecule has 0 spiro atoms. The van der Waals surface area contributed by atoms with Gasteiger partial charge in [0.25, 0.3) is 5.91 Å². The van der Waals surface area contributed by atoms with Crippen molar-refractivity contribution < 1.29 is 9.18 Å². The molecule has 0 aliphatic rings. The first-order valence-electron chi connectivity index (χ1n) is 6.43. The van der Waals surface area contributed by atoms with Crippen molar-refractivity contribution in [2.45, 2.75) is 6.54 Å². The molecule has 0 atom stereocenters. The van der Waals surface area contributed by atoms with E-state index in [1.165, 1.54) is 12.1 Å². The number of hydrogen-bond donors (Lipinski definition) is 2. The Morgan fingerprint density at radius 2 is 2.10 bits per heavy atom. The highest BCUT2D eigenvalue weighted by Crippen LogP contribution is 2.19. The van der Waals surface area contributed by atoms with Crippen molar-refractivity contribution in [2.75, 3.05) is 0 Å². The highest BCUT2D eigenvalue weighted by atomic mass is 79.9. The summed E-state index contributed by atoms with van der Waals surface area (Å²) in [5.74, 6) is -0.508. The Balaban J connectivity index is 1.81. The van der Waals surface area contributed by atoms with Gasteiger partial charge in [-0.05, 0) is 42.0 Å². The van der Waals surface area contributed by atoms with Crippen molar-refractivity contribution in [2.24, 2.45) is 0 Å². The summed E-state index contributed by atoms with van der Waals surface area (Å²) in [6, 6.07) is 11.8. The average Bonchev–Trinajstić information content (AvgIpc) is 2.96. The van der Waals surface area contributed by atoms with Crippen molar-refractivity contribution in [3.63, 3.8) is 0 Å². The summed E-state index contributed by atoms with van der Waals surface area (Å²) in [5.41, 5.74) is 2.21. The molecule has 1 aromatic heterocycles. The first-order valence-corrected chi connectivity index (χ1v) is 7.22. The van der Waals surface area contributed by atoms with Gasteiger partial charge in [0.1, 0.15) is 5.82 Å². The zero-order chi connectivity index (χ0) is 14.8. The number of carbonyl (C=O) groups is 1. The van der Waals surface area contributed by atoms with Gasteiger partial charge in [-0.25, -0.2) is 4.39 Å². The van der Waals surface area contributed by atoms with E-state index < -0.39 is 0 Å². The third-order valence-electron chi connectivity index (χ3n) is 3.29. The van der Waals surface area contributed by atoms with Gasteiger partial charge in [0.15, 0.2) is 0 Å². The summed E-state index contributed by atoms with van der Waals surface area (Å²) < 4.78 is 14.0. The molecule has 0 unspecified atom stereocenters. The van der Waals surface area contributed by atoms with Gasteiger partial charge in [-0.3, -0.25) is 4.79 Å². The third-order valence-corrected chi connectivity index (χ3v) is 4.06. The Bertz CT molecular complexity index is 813. The number of carbonyl (C=O) groups excluding carboxylic acids is 1. The van der Waals surface area contributed by atoms with Crippen molar-refractivity contribution in [1.29, 1.82) is 0 Å². The monoisotopic (exact) mass is 346 g/mol. The first-order chi connectivity index (χ1) is 10.1. The molecular formula is C16H12BrFN2O. The highest BCUT2D eigenvalue weighted by molar-refractivity contribution is 9.10. The second-order valence-corrected chi connectivity index (χ2v) is 5.52. The van der Waals surface area contributed by atoms with Crippen LogP contribution in [0.3, 0.4) is 0 Å². The van der Waals surface area contributed by atoms with Crippen LogP contribution < -0.4 is 5.32 Å². The van der Waals surface area contributed by atoms with Crippen molar-refractivity contribution in [3.8, 4) is 0 Å². The van der Waals surface area contributed by atoms with Gasteiger partial charge in [0, 0.05) is 33.7 Å². The maximum absolute atomic E-state index is 13.2. The number of benzene rings is 2. The lowest BCUT2D eigenvalue weighted by molar-refractivity contribution is 0.0952. The minimum atomic E-state index is -0.324. The molecule has 3 aromatic rings. The second-order valence-electron chi connectivity index (χ2n) is 4.66. The molecule has 0 saturated heterocycles. The molecule has 3 rings (SSSR count). The molecule has 2 N–H and O–H groups in total. The zero-order valence-electron chi connectivity index (χ0n) is 11.0. The summed E-state index contributed by atoms with van der Waals surface area (Å²) in [4.78, 5) is 15.4. The lowest BCUT2D eigenvalue weighted by Gasteiger charge is -2.08. The van der Waals surface area contributed by atoms with Gasteiger partial charge in [-0.1, -0.05) is 22.0 Å². The number of amides is 1. The fourth-order valence-electron chi connectivity index (χ4n) is 2.23. The van der Waals surface area contributed by atoms with E-state index in [0.717, 1.165) is 15.4 Å². The van der Waals surface area contributed by atoms with E-state index in [2.05, 4.69) is 26.2 Å². The van der Waals surface area contributed by atoms with Crippen molar-refractivity contribution in [3.05, 3.63) is 70.1 Å². The van der Waals surface area contributed by atoms with Gasteiger partial charge in [-0.2, -0.15) is 0 Å². The van der Waals surface area contributed by atoms with E-state index in [0.29, 0.717) is 11.1 Å². The van der Waals surface area contributed by atoms with Crippen LogP contribution in [0.15, 0.2) is 53.1 Å². The Morgan fingerprint density at radius 3 is 2.95 bits per heavy atom. The van der Waals surface area contributed by atoms with Crippen LogP contribution in [0.5, 0.6) is 0 Å². The molecule has 0 aliphatic carbocycles. The maximum atomic E-state index is 13.2. The fourth-order valence-corrected chi connectivity index (χ4v) is 2.62. The number of H-pyrrole nitrogens is 1. The van der Waals surface area contributed by atoms with Crippen LogP contribution in [-0.2, 0) is 6.54 Å². The third kappa shape index (κ3) is 2.83. The number of fused-ring (bicyclic) bond motifs is 1. The summed E-state index contributed by atoms with van der Waals surface area (Å²) in [5, 5.41) is 3.68. The highest BCUT2D eigenvalue weighted by Gasteiger charge is 2.11. The standard InChI is InChI=1S/C16H12BrFN2O/c17-14-5-4-11(18)8-10(14)9-20-16(21)13-2-1-3-15-12(13)6-7-19-15/h1-8,19H,9H2,(H,20,21). The minimum Gasteiger partial charge on any atom is -0.361 e. The molecule has 3 nitrogen and oxygen atoms in total. The molecule has 0 bridgehead atoms. The van der Waals surface area contributed by atoms with E-state index in [4.69, 9.17) is 0 Å². The summed E-state index contributed by atoms with van der Waals surface area (Å²) >= 11 is 3.35. The summed E-state index contributed by atoms with van der Waals surface area (Å²) in [7, 11) is 0. The largest absolute Gasteiger partial charge is 0.361 e. The minimum absolute atomic E-state index is 0.184. The van der Waals surface area contributed by atoms with Crippen molar-refractivity contribution >= 4 is 32.7 Å². The molecule has 106 valence electrons. The molecular weight excluding hydrogens is 335 g/mol. The molecule has 0 fully saturated rings. The zero-order valence-corrected chi connectivity index (χ0v) is 12.6. The molecule has 0 aliphatic heterocycles. The van der Waals surface area contributed by atoms with E-state index >= 15 is 0 Å². The van der Waals surface area contributed by atoms with E-state index in [1.807, 2.05) is 18.2 Å². The number of nitrogens with one attached hydrogen (secondary N) is 2. The predicted molar refractivity (Wildman–Crippen MR) is 83.6 cm³/mol. The van der Waals surface area contributed by atoms with Crippen LogP contribution in [0, 0.1) is 5.82 Å². The van der Waals surface area contributed by atoms with Gasteiger partial charge in [0.05, 0.1) is 0 Å². The Morgan fingerprint density at radius 1 is 1.24 bits per heavy atom. The smallest absolute Gasteiger partial charge is 0.252 e. The van der Waals surface area contributed by atoms with Crippen LogP contribution >= 0.6 is 15.9 Å². The molecule has 5 heteroatoms. The molecule has 1 amide bonds. The van der Waals surface area contributed by atoms with Crippen LogP contribution in [0.4, 0.5) is 4.39 Å². The van der Waals surface area contributed by atoms with Gasteiger partial charge < -0.3 is 10.3 Å². The molecule has 21 heavy (non-hydrogen) atoms. The predicted octanol–water partition coefficient (Wildman–Crippen LogP) is 4.00. The van der Waals surface area contributed by atoms with Gasteiger partial charge >= 0.3 is 0 Å². The second kappa shape index (κ2) is 5.69. The van der Waals surface area contributed by atoms with Crippen LogP contribution in [0.2, 0.25) is 0 Å². The Hall–Kier alpha value is -2.14. The Labute approximate surface area is 129 Å². The number of hydrogen-bond acceptors (Lipinski definition) is 1. The number of rotatable bonds is 3. The van der Waals surface area contributed by atoms with E-state index in [9.17, 15) is 9.18 Å². The first kappa shape index (κ1) is 13.8. The van der Waals surface area contributed by atoms with Crippen molar-refractivity contribution in [1.82, 2.24) is 10.3 Å². The number of aromatic amines is 1. The maximum Gasteiger partial charge on any atom is 0.252 e.